The highest BCUT2D eigenvalue weighted by Gasteiger charge is 2.25. The predicted octanol–water partition coefficient (Wildman–Crippen LogP) is 2.95. The van der Waals surface area contributed by atoms with Crippen LogP contribution in [0.1, 0.15) is 11.1 Å². The zero-order valence-electron chi connectivity index (χ0n) is 13.9. The average molecular weight is 372 g/mol. The van der Waals surface area contributed by atoms with E-state index in [-0.39, 0.29) is 5.82 Å². The van der Waals surface area contributed by atoms with Crippen LogP contribution in [0.5, 0.6) is 0 Å². The van der Waals surface area contributed by atoms with Gasteiger partial charge in [0.25, 0.3) is 15.7 Å². The Morgan fingerprint density at radius 1 is 1.12 bits per heavy atom. The molecule has 2 aromatic carbocycles. The maximum absolute atomic E-state index is 12.5. The monoisotopic (exact) mass is 372 g/mol. The summed E-state index contributed by atoms with van der Waals surface area (Å²) in [7, 11) is -4.12. The summed E-state index contributed by atoms with van der Waals surface area (Å²) in [5.41, 5.74) is 1.67. The van der Waals surface area contributed by atoms with Crippen molar-refractivity contribution in [3.05, 3.63) is 82.0 Å². The predicted molar refractivity (Wildman–Crippen MR) is 96.4 cm³/mol. The Kier molecular flexibility index (Phi) is 4.72. The van der Waals surface area contributed by atoms with E-state index in [0.29, 0.717) is 6.54 Å². The Hall–Kier alpha value is -3.20. The van der Waals surface area contributed by atoms with Gasteiger partial charge in [0.15, 0.2) is 10.7 Å². The van der Waals surface area contributed by atoms with Crippen molar-refractivity contribution in [3.63, 3.8) is 0 Å². The number of hydrogen-bond acceptors (Lipinski definition) is 5. The number of sulfonamides is 1. The van der Waals surface area contributed by atoms with Gasteiger partial charge in [-0.2, -0.15) is 5.10 Å². The van der Waals surface area contributed by atoms with E-state index in [1.54, 1.807) is 10.9 Å². The molecule has 0 aliphatic rings. The Balaban J connectivity index is 1.83. The van der Waals surface area contributed by atoms with Crippen LogP contribution in [0.25, 0.3) is 0 Å². The molecule has 0 aliphatic carbocycles. The molecule has 0 spiro atoms. The Morgan fingerprint density at radius 2 is 1.81 bits per heavy atom. The molecule has 26 heavy (non-hydrogen) atoms. The fourth-order valence-corrected chi connectivity index (χ4v) is 3.66. The highest BCUT2D eigenvalue weighted by Crippen LogP contribution is 2.24. The first-order chi connectivity index (χ1) is 12.4. The normalized spacial score (nSPS) is 11.3. The van der Waals surface area contributed by atoms with Crippen molar-refractivity contribution >= 4 is 21.5 Å². The molecular formula is C17H16N4O4S. The van der Waals surface area contributed by atoms with Gasteiger partial charge in [-0.15, -0.1) is 0 Å². The standard InChI is InChI=1S/C17H16N4O4S/c1-13-6-2-3-7-14(13)12-20-11-10-17(18-20)19-26(24,25)16-9-5-4-8-15(16)21(22)23/h2-11H,12H2,1H3,(H,18,19). The van der Waals surface area contributed by atoms with Crippen LogP contribution in [0.15, 0.2) is 65.7 Å². The minimum Gasteiger partial charge on any atom is -0.266 e. The zero-order chi connectivity index (χ0) is 18.7. The molecule has 134 valence electrons. The smallest absolute Gasteiger partial charge is 0.266 e. The highest BCUT2D eigenvalue weighted by molar-refractivity contribution is 7.92. The number of anilines is 1. The van der Waals surface area contributed by atoms with Gasteiger partial charge in [0.1, 0.15) is 0 Å². The summed E-state index contributed by atoms with van der Waals surface area (Å²) in [4.78, 5) is 9.92. The van der Waals surface area contributed by atoms with Crippen molar-refractivity contribution in [2.75, 3.05) is 4.72 Å². The second-order valence-electron chi connectivity index (χ2n) is 5.66. The van der Waals surface area contributed by atoms with E-state index in [9.17, 15) is 18.5 Å². The second-order valence-corrected chi connectivity index (χ2v) is 7.31. The molecule has 0 atom stereocenters. The number of nitrogens with one attached hydrogen (secondary N) is 1. The minimum atomic E-state index is -4.12. The van der Waals surface area contributed by atoms with Crippen molar-refractivity contribution in [3.8, 4) is 0 Å². The molecule has 8 nitrogen and oxygen atoms in total. The fraction of sp³-hybridized carbons (Fsp3) is 0.118. The Morgan fingerprint density at radius 3 is 2.54 bits per heavy atom. The molecule has 0 aliphatic heterocycles. The van der Waals surface area contributed by atoms with Crippen LogP contribution in [0.4, 0.5) is 11.5 Å². The highest BCUT2D eigenvalue weighted by atomic mass is 32.2. The molecule has 0 bridgehead atoms. The molecule has 0 saturated carbocycles. The second kappa shape index (κ2) is 6.96. The number of para-hydroxylation sites is 1. The number of nitrogens with zero attached hydrogens (tertiary/aromatic N) is 3. The summed E-state index contributed by atoms with van der Waals surface area (Å²) >= 11 is 0. The van der Waals surface area contributed by atoms with E-state index < -0.39 is 25.5 Å². The van der Waals surface area contributed by atoms with Gasteiger partial charge >= 0.3 is 0 Å². The van der Waals surface area contributed by atoms with E-state index >= 15 is 0 Å². The number of aryl methyl sites for hydroxylation is 1. The molecule has 1 aromatic heterocycles. The quantitative estimate of drug-likeness (QED) is 0.529. The molecule has 0 amide bonds. The van der Waals surface area contributed by atoms with Crippen molar-refractivity contribution in [1.82, 2.24) is 9.78 Å². The lowest BCUT2D eigenvalue weighted by atomic mass is 10.1. The molecule has 3 aromatic rings. The maximum Gasteiger partial charge on any atom is 0.289 e. The third kappa shape index (κ3) is 3.72. The van der Waals surface area contributed by atoms with Gasteiger partial charge in [0.05, 0.1) is 11.5 Å². The maximum atomic E-state index is 12.5. The summed E-state index contributed by atoms with van der Waals surface area (Å²) in [6, 6.07) is 14.5. The summed E-state index contributed by atoms with van der Waals surface area (Å²) in [6.07, 6.45) is 1.64. The van der Waals surface area contributed by atoms with E-state index in [0.717, 1.165) is 17.2 Å². The minimum absolute atomic E-state index is 0.0942. The van der Waals surface area contributed by atoms with Crippen LogP contribution >= 0.6 is 0 Å². The van der Waals surface area contributed by atoms with Gasteiger partial charge in [-0.05, 0) is 24.1 Å². The van der Waals surface area contributed by atoms with Crippen molar-refractivity contribution in [2.45, 2.75) is 18.4 Å². The summed E-state index contributed by atoms with van der Waals surface area (Å²) in [5.74, 6) is 0.0942. The average Bonchev–Trinajstić information content (AvgIpc) is 3.03. The Bertz CT molecular complexity index is 1060. The van der Waals surface area contributed by atoms with Crippen molar-refractivity contribution in [1.29, 1.82) is 0 Å². The lowest BCUT2D eigenvalue weighted by Gasteiger charge is -2.07. The third-order valence-corrected chi connectivity index (χ3v) is 5.23. The molecule has 0 fully saturated rings. The van der Waals surface area contributed by atoms with Crippen molar-refractivity contribution in [2.24, 2.45) is 0 Å². The van der Waals surface area contributed by atoms with Gasteiger partial charge in [-0.3, -0.25) is 19.5 Å². The summed E-state index contributed by atoms with van der Waals surface area (Å²) in [6.45, 7) is 2.47. The number of benzene rings is 2. The molecule has 1 N–H and O–H groups in total. The lowest BCUT2D eigenvalue weighted by Crippen LogP contribution is -2.15. The molecule has 0 saturated heterocycles. The number of nitro benzene ring substituents is 1. The van der Waals surface area contributed by atoms with E-state index in [1.165, 1.54) is 24.3 Å². The van der Waals surface area contributed by atoms with E-state index in [4.69, 9.17) is 0 Å². The van der Waals surface area contributed by atoms with Crippen LogP contribution in [-0.2, 0) is 16.6 Å². The lowest BCUT2D eigenvalue weighted by molar-refractivity contribution is -0.387. The third-order valence-electron chi connectivity index (χ3n) is 3.82. The van der Waals surface area contributed by atoms with Crippen LogP contribution < -0.4 is 4.72 Å². The zero-order valence-corrected chi connectivity index (χ0v) is 14.7. The van der Waals surface area contributed by atoms with Crippen LogP contribution in [-0.4, -0.2) is 23.1 Å². The SMILES string of the molecule is Cc1ccccc1Cn1ccc(NS(=O)(=O)c2ccccc2[N+](=O)[O-])n1. The number of aromatic nitrogens is 2. The first-order valence-corrected chi connectivity index (χ1v) is 9.19. The molecule has 1 heterocycles. The number of rotatable bonds is 6. The topological polar surface area (TPSA) is 107 Å². The van der Waals surface area contributed by atoms with Gasteiger partial charge in [-0.1, -0.05) is 36.4 Å². The molecule has 0 unspecified atom stereocenters. The van der Waals surface area contributed by atoms with Crippen molar-refractivity contribution < 1.29 is 13.3 Å². The van der Waals surface area contributed by atoms with Crippen LogP contribution in [0.3, 0.4) is 0 Å². The number of hydrogen-bond donors (Lipinski definition) is 1. The Labute approximate surface area is 150 Å². The van der Waals surface area contributed by atoms with Crippen LogP contribution in [0, 0.1) is 17.0 Å². The van der Waals surface area contributed by atoms with E-state index in [2.05, 4.69) is 9.82 Å². The van der Waals surface area contributed by atoms with Gasteiger partial charge in [0, 0.05) is 18.3 Å². The largest absolute Gasteiger partial charge is 0.289 e. The van der Waals surface area contributed by atoms with Gasteiger partial charge < -0.3 is 0 Å². The first-order valence-electron chi connectivity index (χ1n) is 7.71. The van der Waals surface area contributed by atoms with Crippen LogP contribution in [0.2, 0.25) is 0 Å². The molecule has 9 heteroatoms. The first kappa shape index (κ1) is 17.6. The summed E-state index contributed by atoms with van der Waals surface area (Å²) in [5, 5.41) is 15.2. The van der Waals surface area contributed by atoms with Gasteiger partial charge in [0.2, 0.25) is 0 Å². The number of nitro groups is 1. The molecular weight excluding hydrogens is 356 g/mol. The fourth-order valence-electron chi connectivity index (χ4n) is 2.49. The molecule has 0 radical (unpaired) electrons. The summed E-state index contributed by atoms with van der Waals surface area (Å²) < 4.78 is 28.9. The van der Waals surface area contributed by atoms with E-state index in [1.807, 2.05) is 31.2 Å². The van der Waals surface area contributed by atoms with Gasteiger partial charge in [-0.25, -0.2) is 8.42 Å². The molecule has 3 rings (SSSR count).